The maximum atomic E-state index is 12.0. The van der Waals surface area contributed by atoms with Gasteiger partial charge in [0.15, 0.2) is 0 Å². The third kappa shape index (κ3) is 5.01. The highest BCUT2D eigenvalue weighted by Gasteiger charge is 2.15. The van der Waals surface area contributed by atoms with E-state index in [-0.39, 0.29) is 24.9 Å². The van der Waals surface area contributed by atoms with Crippen molar-refractivity contribution in [3.05, 3.63) is 29.8 Å². The zero-order valence-corrected chi connectivity index (χ0v) is 12.4. The number of hydrogen-bond donors (Lipinski definition) is 2. The molecule has 110 valence electrons. The third-order valence-electron chi connectivity index (χ3n) is 2.93. The average molecular weight is 277 g/mol. The predicted octanol–water partition coefficient (Wildman–Crippen LogP) is 1.39. The maximum absolute atomic E-state index is 12.0. The largest absolute Gasteiger partial charge is 0.332 e. The first-order valence-corrected chi connectivity index (χ1v) is 6.86. The van der Waals surface area contributed by atoms with Crippen molar-refractivity contribution in [1.29, 1.82) is 0 Å². The number of nitrogens with one attached hydrogen (secondary N) is 2. The lowest BCUT2D eigenvalue weighted by atomic mass is 10.2. The Labute approximate surface area is 120 Å². The SMILES string of the molecule is CCCN(CC(=O)Nc1ccccc1C)C(=O)CNC. The molecule has 0 saturated carbocycles. The molecule has 0 heterocycles. The molecule has 0 atom stereocenters. The van der Waals surface area contributed by atoms with E-state index in [0.29, 0.717) is 6.54 Å². The Morgan fingerprint density at radius 3 is 2.55 bits per heavy atom. The summed E-state index contributed by atoms with van der Waals surface area (Å²) in [4.78, 5) is 25.5. The fourth-order valence-electron chi connectivity index (χ4n) is 1.90. The van der Waals surface area contributed by atoms with Crippen LogP contribution in [0.2, 0.25) is 0 Å². The Morgan fingerprint density at radius 2 is 1.95 bits per heavy atom. The molecule has 5 heteroatoms. The van der Waals surface area contributed by atoms with E-state index in [2.05, 4.69) is 10.6 Å². The second kappa shape index (κ2) is 8.32. The number of hydrogen-bond acceptors (Lipinski definition) is 3. The van der Waals surface area contributed by atoms with Gasteiger partial charge in [-0.25, -0.2) is 0 Å². The summed E-state index contributed by atoms with van der Waals surface area (Å²) >= 11 is 0. The van der Waals surface area contributed by atoms with Crippen molar-refractivity contribution in [3.63, 3.8) is 0 Å². The number of para-hydroxylation sites is 1. The van der Waals surface area contributed by atoms with E-state index in [1.54, 1.807) is 11.9 Å². The normalized spacial score (nSPS) is 10.2. The summed E-state index contributed by atoms with van der Waals surface area (Å²) in [5.41, 5.74) is 1.79. The van der Waals surface area contributed by atoms with Crippen LogP contribution in [0.5, 0.6) is 0 Å². The van der Waals surface area contributed by atoms with Gasteiger partial charge >= 0.3 is 0 Å². The lowest BCUT2D eigenvalue weighted by Gasteiger charge is -2.21. The van der Waals surface area contributed by atoms with Crippen LogP contribution in [0, 0.1) is 6.92 Å². The van der Waals surface area contributed by atoms with Crippen LogP contribution >= 0.6 is 0 Å². The minimum absolute atomic E-state index is 0.0608. The van der Waals surface area contributed by atoms with Crippen LogP contribution in [-0.2, 0) is 9.59 Å². The molecular formula is C15H23N3O2. The summed E-state index contributed by atoms with van der Waals surface area (Å²) in [5, 5.41) is 5.66. The van der Waals surface area contributed by atoms with Gasteiger partial charge in [0, 0.05) is 12.2 Å². The van der Waals surface area contributed by atoms with E-state index < -0.39 is 0 Å². The van der Waals surface area contributed by atoms with Crippen LogP contribution in [0.4, 0.5) is 5.69 Å². The summed E-state index contributed by atoms with van der Waals surface area (Å²) in [6, 6.07) is 7.59. The molecule has 5 nitrogen and oxygen atoms in total. The van der Waals surface area contributed by atoms with E-state index in [9.17, 15) is 9.59 Å². The smallest absolute Gasteiger partial charge is 0.244 e. The minimum Gasteiger partial charge on any atom is -0.332 e. The molecule has 0 bridgehead atoms. The minimum atomic E-state index is -0.169. The molecule has 0 aromatic heterocycles. The number of carbonyl (C=O) groups excluding carboxylic acids is 2. The van der Waals surface area contributed by atoms with E-state index in [4.69, 9.17) is 0 Å². The quantitative estimate of drug-likeness (QED) is 0.792. The molecule has 0 saturated heterocycles. The van der Waals surface area contributed by atoms with Gasteiger partial charge in [-0.1, -0.05) is 25.1 Å². The van der Waals surface area contributed by atoms with Crippen molar-refractivity contribution >= 4 is 17.5 Å². The van der Waals surface area contributed by atoms with Gasteiger partial charge in [-0.3, -0.25) is 9.59 Å². The first-order valence-electron chi connectivity index (χ1n) is 6.86. The highest BCUT2D eigenvalue weighted by molar-refractivity contribution is 5.95. The summed E-state index contributed by atoms with van der Waals surface area (Å²) in [7, 11) is 1.72. The number of aryl methyl sites for hydroxylation is 1. The van der Waals surface area contributed by atoms with Crippen molar-refractivity contribution in [1.82, 2.24) is 10.2 Å². The van der Waals surface area contributed by atoms with E-state index in [0.717, 1.165) is 17.7 Å². The second-order valence-electron chi connectivity index (χ2n) is 4.71. The van der Waals surface area contributed by atoms with Gasteiger partial charge in [-0.05, 0) is 32.0 Å². The maximum Gasteiger partial charge on any atom is 0.244 e. The number of amides is 2. The summed E-state index contributed by atoms with van der Waals surface area (Å²) in [5.74, 6) is -0.230. The monoisotopic (exact) mass is 277 g/mol. The van der Waals surface area contributed by atoms with Gasteiger partial charge < -0.3 is 15.5 Å². The molecule has 2 N–H and O–H groups in total. The van der Waals surface area contributed by atoms with Crippen molar-refractivity contribution in [3.8, 4) is 0 Å². The number of rotatable bonds is 7. The lowest BCUT2D eigenvalue weighted by Crippen LogP contribution is -2.42. The topological polar surface area (TPSA) is 61.4 Å². The number of anilines is 1. The Bertz CT molecular complexity index is 460. The molecule has 1 aromatic rings. The van der Waals surface area contributed by atoms with E-state index >= 15 is 0 Å². The third-order valence-corrected chi connectivity index (χ3v) is 2.93. The van der Waals surface area contributed by atoms with Crippen LogP contribution in [0.1, 0.15) is 18.9 Å². The molecule has 0 aliphatic heterocycles. The first-order chi connectivity index (χ1) is 9.58. The Balaban J connectivity index is 2.62. The fraction of sp³-hybridized carbons (Fsp3) is 0.467. The molecule has 2 amide bonds. The van der Waals surface area contributed by atoms with Gasteiger partial charge in [0.05, 0.1) is 13.1 Å². The molecular weight excluding hydrogens is 254 g/mol. The lowest BCUT2D eigenvalue weighted by molar-refractivity contribution is -0.133. The fourth-order valence-corrected chi connectivity index (χ4v) is 1.90. The van der Waals surface area contributed by atoms with Crippen molar-refractivity contribution in [2.24, 2.45) is 0 Å². The van der Waals surface area contributed by atoms with Crippen LogP contribution in [0.3, 0.4) is 0 Å². The zero-order valence-electron chi connectivity index (χ0n) is 12.4. The van der Waals surface area contributed by atoms with E-state index in [1.165, 1.54) is 0 Å². The predicted molar refractivity (Wildman–Crippen MR) is 80.6 cm³/mol. The van der Waals surface area contributed by atoms with E-state index in [1.807, 2.05) is 38.1 Å². The molecule has 20 heavy (non-hydrogen) atoms. The van der Waals surface area contributed by atoms with Crippen LogP contribution < -0.4 is 10.6 Å². The van der Waals surface area contributed by atoms with Gasteiger partial charge in [-0.15, -0.1) is 0 Å². The van der Waals surface area contributed by atoms with Crippen LogP contribution in [0.15, 0.2) is 24.3 Å². The molecule has 0 unspecified atom stereocenters. The average Bonchev–Trinajstić information content (AvgIpc) is 2.41. The Kier molecular flexibility index (Phi) is 6.73. The van der Waals surface area contributed by atoms with Crippen molar-refractivity contribution in [2.45, 2.75) is 20.3 Å². The molecule has 1 aromatic carbocycles. The molecule has 0 aliphatic rings. The molecule has 0 spiro atoms. The summed E-state index contributed by atoms with van der Waals surface area (Å²) < 4.78 is 0. The van der Waals surface area contributed by atoms with Gasteiger partial charge in [0.1, 0.15) is 0 Å². The second-order valence-corrected chi connectivity index (χ2v) is 4.71. The molecule has 0 radical (unpaired) electrons. The first kappa shape index (κ1) is 16.2. The Hall–Kier alpha value is -1.88. The van der Waals surface area contributed by atoms with Gasteiger partial charge in [-0.2, -0.15) is 0 Å². The standard InChI is InChI=1S/C15H23N3O2/c1-4-9-18(15(20)10-16-3)11-14(19)17-13-8-6-5-7-12(13)2/h5-8,16H,4,9-11H2,1-3H3,(H,17,19). The summed E-state index contributed by atoms with van der Waals surface area (Å²) in [6.45, 7) is 4.84. The highest BCUT2D eigenvalue weighted by Crippen LogP contribution is 2.12. The highest BCUT2D eigenvalue weighted by atomic mass is 16.2. The molecule has 1 rings (SSSR count). The Morgan fingerprint density at radius 1 is 1.25 bits per heavy atom. The molecule has 0 fully saturated rings. The van der Waals surface area contributed by atoms with Gasteiger partial charge in [0.25, 0.3) is 0 Å². The number of carbonyl (C=O) groups is 2. The zero-order chi connectivity index (χ0) is 15.0. The van der Waals surface area contributed by atoms with Crippen LogP contribution in [0.25, 0.3) is 0 Å². The number of nitrogens with zero attached hydrogens (tertiary/aromatic N) is 1. The number of benzene rings is 1. The van der Waals surface area contributed by atoms with Crippen LogP contribution in [-0.4, -0.2) is 43.4 Å². The van der Waals surface area contributed by atoms with Gasteiger partial charge in [0.2, 0.25) is 11.8 Å². The molecule has 0 aliphatic carbocycles. The van der Waals surface area contributed by atoms with Crippen molar-refractivity contribution < 1.29 is 9.59 Å². The summed E-state index contributed by atoms with van der Waals surface area (Å²) in [6.07, 6.45) is 0.826. The van der Waals surface area contributed by atoms with Crippen molar-refractivity contribution in [2.75, 3.05) is 32.0 Å². The number of likely N-dealkylation sites (N-methyl/N-ethyl adjacent to an activating group) is 1.